The van der Waals surface area contributed by atoms with E-state index < -0.39 is 38.0 Å². The molecule has 2 rings (SSSR count). The van der Waals surface area contributed by atoms with E-state index in [1.54, 1.807) is 40.8 Å². The van der Waals surface area contributed by atoms with E-state index in [4.69, 9.17) is 13.9 Å². The molecular weight excluding hydrogens is 482 g/mol. The molecule has 2 aromatic carbocycles. The van der Waals surface area contributed by atoms with Crippen molar-refractivity contribution in [1.82, 2.24) is 4.90 Å². The maximum absolute atomic E-state index is 13.3. The minimum atomic E-state index is -3.00. The van der Waals surface area contributed by atoms with Crippen molar-refractivity contribution in [2.24, 2.45) is 5.92 Å². The molecule has 0 N–H and O–H groups in total. The van der Waals surface area contributed by atoms with Crippen molar-refractivity contribution in [3.63, 3.8) is 0 Å². The smallest absolute Gasteiger partial charge is 0.410 e. The van der Waals surface area contributed by atoms with Crippen LogP contribution in [0.2, 0.25) is 5.04 Å². The van der Waals surface area contributed by atoms with Crippen LogP contribution in [-0.2, 0) is 18.7 Å². The Morgan fingerprint density at radius 3 is 1.81 bits per heavy atom. The Hall–Kier alpha value is -2.90. The van der Waals surface area contributed by atoms with Gasteiger partial charge in [0, 0.05) is 13.6 Å². The number of ether oxygens (including phenoxy) is 2. The Bertz CT molecular complexity index is 988. The summed E-state index contributed by atoms with van der Waals surface area (Å²) in [5.41, 5.74) is -0.659. The van der Waals surface area contributed by atoms with Gasteiger partial charge in [0.15, 0.2) is 0 Å². The van der Waals surface area contributed by atoms with Crippen LogP contribution in [0.15, 0.2) is 73.3 Å². The van der Waals surface area contributed by atoms with Crippen LogP contribution in [0.3, 0.4) is 0 Å². The summed E-state index contributed by atoms with van der Waals surface area (Å²) in [6.45, 7) is 18.0. The molecule has 0 bridgehead atoms. The fourth-order valence-corrected chi connectivity index (χ4v) is 9.14. The Morgan fingerprint density at radius 1 is 0.946 bits per heavy atom. The molecule has 1 amide bonds. The molecule has 0 saturated carbocycles. The first-order chi connectivity index (χ1) is 17.3. The molecule has 37 heavy (non-hydrogen) atoms. The second kappa shape index (κ2) is 12.6. The van der Waals surface area contributed by atoms with E-state index in [-0.39, 0.29) is 18.2 Å². The molecule has 2 unspecified atom stereocenters. The van der Waals surface area contributed by atoms with Crippen molar-refractivity contribution < 1.29 is 23.5 Å². The quantitative estimate of drug-likeness (QED) is 0.243. The second-order valence-electron chi connectivity index (χ2n) is 11.2. The summed E-state index contributed by atoms with van der Waals surface area (Å²) >= 11 is 0. The minimum absolute atomic E-state index is 0.0582. The number of amides is 1. The van der Waals surface area contributed by atoms with Crippen molar-refractivity contribution in [3.8, 4) is 0 Å². The van der Waals surface area contributed by atoms with E-state index in [2.05, 4.69) is 51.6 Å². The molecule has 0 spiro atoms. The van der Waals surface area contributed by atoms with Gasteiger partial charge in [-0.3, -0.25) is 4.79 Å². The molecule has 0 aromatic heterocycles. The van der Waals surface area contributed by atoms with Gasteiger partial charge in [0.2, 0.25) is 0 Å². The van der Waals surface area contributed by atoms with E-state index in [0.29, 0.717) is 0 Å². The number of hydrogen-bond acceptors (Lipinski definition) is 5. The maximum Gasteiger partial charge on any atom is 0.410 e. The third-order valence-electron chi connectivity index (χ3n) is 6.12. The van der Waals surface area contributed by atoms with Crippen LogP contribution < -0.4 is 10.4 Å². The van der Waals surface area contributed by atoms with E-state index in [1.807, 2.05) is 36.4 Å². The fourth-order valence-electron chi connectivity index (χ4n) is 4.46. The molecule has 202 valence electrons. The molecular formula is C30H43NO5Si. The molecule has 2 aromatic rings. The number of esters is 1. The van der Waals surface area contributed by atoms with E-state index in [9.17, 15) is 9.59 Å². The third-order valence-corrected chi connectivity index (χ3v) is 11.2. The first-order valence-electron chi connectivity index (χ1n) is 12.8. The van der Waals surface area contributed by atoms with Gasteiger partial charge in [0.25, 0.3) is 8.32 Å². The standard InChI is InChI=1S/C30H43NO5Si/c1-10-26(25(27(32)34-11-2)22-31(9)28(33)35-29(3,4)5)36-37(30(6,7)8,23-18-14-12-15-19-23)24-20-16-13-17-21-24/h10,12-21,25-26H,1,11,22H2,2-9H3. The number of benzene rings is 2. The molecule has 6 nitrogen and oxygen atoms in total. The zero-order valence-corrected chi connectivity index (χ0v) is 24.6. The Morgan fingerprint density at radius 2 is 1.43 bits per heavy atom. The highest BCUT2D eigenvalue weighted by Gasteiger charge is 2.52. The van der Waals surface area contributed by atoms with Gasteiger partial charge in [0.1, 0.15) is 11.5 Å². The Labute approximate surface area is 223 Å². The topological polar surface area (TPSA) is 65.1 Å². The molecule has 0 radical (unpaired) electrons. The SMILES string of the molecule is C=CC(O[Si](c1ccccc1)(c1ccccc1)C(C)(C)C)C(CN(C)C(=O)OC(C)(C)C)C(=O)OCC. The maximum atomic E-state index is 13.3. The van der Waals surface area contributed by atoms with E-state index in [0.717, 1.165) is 10.4 Å². The van der Waals surface area contributed by atoms with Gasteiger partial charge in [-0.05, 0) is 43.1 Å². The summed E-state index contributed by atoms with van der Waals surface area (Å²) < 4.78 is 18.2. The van der Waals surface area contributed by atoms with Crippen LogP contribution in [0.4, 0.5) is 4.79 Å². The van der Waals surface area contributed by atoms with Crippen molar-refractivity contribution >= 4 is 30.8 Å². The molecule has 0 aliphatic heterocycles. The highest BCUT2D eigenvalue weighted by atomic mass is 28.4. The highest BCUT2D eigenvalue weighted by Crippen LogP contribution is 2.38. The summed E-state index contributed by atoms with van der Waals surface area (Å²) in [6, 6.07) is 20.4. The summed E-state index contributed by atoms with van der Waals surface area (Å²) in [5.74, 6) is -1.24. The van der Waals surface area contributed by atoms with Crippen LogP contribution in [0.1, 0.15) is 48.5 Å². The molecule has 0 aliphatic carbocycles. The van der Waals surface area contributed by atoms with Gasteiger partial charge in [-0.15, -0.1) is 6.58 Å². The minimum Gasteiger partial charge on any atom is -0.466 e. The van der Waals surface area contributed by atoms with Gasteiger partial charge in [-0.1, -0.05) is 87.5 Å². The van der Waals surface area contributed by atoms with Gasteiger partial charge in [0.05, 0.1) is 12.7 Å². The lowest BCUT2D eigenvalue weighted by Gasteiger charge is -2.45. The Kier molecular flexibility index (Phi) is 10.3. The van der Waals surface area contributed by atoms with Gasteiger partial charge >= 0.3 is 12.1 Å². The van der Waals surface area contributed by atoms with Crippen molar-refractivity contribution in [2.45, 2.75) is 65.2 Å². The monoisotopic (exact) mass is 525 g/mol. The average Bonchev–Trinajstić information content (AvgIpc) is 2.83. The number of carbonyl (C=O) groups excluding carboxylic acids is 2. The van der Waals surface area contributed by atoms with Crippen LogP contribution in [-0.4, -0.2) is 57.2 Å². The zero-order chi connectivity index (χ0) is 27.9. The normalized spacial score (nSPS) is 13.8. The lowest BCUT2D eigenvalue weighted by Crippen LogP contribution is -2.68. The molecule has 0 heterocycles. The van der Waals surface area contributed by atoms with E-state index >= 15 is 0 Å². The summed E-state index contributed by atoms with van der Waals surface area (Å²) in [6.07, 6.45) is 0.425. The van der Waals surface area contributed by atoms with Crippen LogP contribution in [0.5, 0.6) is 0 Å². The number of rotatable bonds is 10. The molecule has 7 heteroatoms. The van der Waals surface area contributed by atoms with Crippen LogP contribution in [0, 0.1) is 5.92 Å². The molecule has 0 fully saturated rings. The van der Waals surface area contributed by atoms with Crippen LogP contribution >= 0.6 is 0 Å². The van der Waals surface area contributed by atoms with Crippen LogP contribution in [0.25, 0.3) is 0 Å². The predicted molar refractivity (Wildman–Crippen MR) is 152 cm³/mol. The van der Waals surface area contributed by atoms with Crippen molar-refractivity contribution in [1.29, 1.82) is 0 Å². The van der Waals surface area contributed by atoms with Gasteiger partial charge in [-0.2, -0.15) is 0 Å². The lowest BCUT2D eigenvalue weighted by atomic mass is 10.0. The lowest BCUT2D eigenvalue weighted by molar-refractivity contribution is -0.151. The largest absolute Gasteiger partial charge is 0.466 e. The molecule has 0 aliphatic rings. The highest BCUT2D eigenvalue weighted by molar-refractivity contribution is 6.99. The first kappa shape index (κ1) is 30.3. The third kappa shape index (κ3) is 7.55. The van der Waals surface area contributed by atoms with E-state index in [1.165, 1.54) is 4.90 Å². The first-order valence-corrected chi connectivity index (χ1v) is 14.7. The number of nitrogens with zero attached hydrogens (tertiary/aromatic N) is 1. The number of carbonyl (C=O) groups is 2. The van der Waals surface area contributed by atoms with Gasteiger partial charge < -0.3 is 18.8 Å². The molecule has 2 atom stereocenters. The second-order valence-corrected chi connectivity index (χ2v) is 15.5. The zero-order valence-electron chi connectivity index (χ0n) is 23.6. The average molecular weight is 526 g/mol. The summed E-state index contributed by atoms with van der Waals surface area (Å²) in [7, 11) is -1.38. The van der Waals surface area contributed by atoms with Crippen molar-refractivity contribution in [2.75, 3.05) is 20.2 Å². The summed E-state index contributed by atoms with van der Waals surface area (Å²) in [5, 5.41) is 1.88. The van der Waals surface area contributed by atoms with Gasteiger partial charge in [-0.25, -0.2) is 4.79 Å². The number of hydrogen-bond donors (Lipinski definition) is 0. The summed E-state index contributed by atoms with van der Waals surface area (Å²) in [4.78, 5) is 27.4. The fraction of sp³-hybridized carbons (Fsp3) is 0.467. The van der Waals surface area contributed by atoms with Crippen molar-refractivity contribution in [3.05, 3.63) is 73.3 Å². The Balaban J connectivity index is 2.61. The predicted octanol–water partition coefficient (Wildman–Crippen LogP) is 5.16. The molecule has 0 saturated heterocycles.